The third kappa shape index (κ3) is 3.94. The van der Waals surface area contributed by atoms with Crippen LogP contribution in [0.3, 0.4) is 0 Å². The fourth-order valence-corrected chi connectivity index (χ4v) is 3.26. The molecule has 24 heavy (non-hydrogen) atoms. The quantitative estimate of drug-likeness (QED) is 0.664. The summed E-state index contributed by atoms with van der Waals surface area (Å²) in [5.41, 5.74) is 1.83. The van der Waals surface area contributed by atoms with E-state index in [1.165, 1.54) is 17.8 Å². The average Bonchev–Trinajstić information content (AvgIpc) is 3.01. The molecule has 4 nitrogen and oxygen atoms in total. The maximum atomic E-state index is 13.5. The fourth-order valence-electron chi connectivity index (χ4n) is 2.38. The lowest BCUT2D eigenvalue weighted by Gasteiger charge is -2.11. The molecule has 0 aliphatic heterocycles. The van der Waals surface area contributed by atoms with Crippen LogP contribution in [0.25, 0.3) is 11.0 Å². The summed E-state index contributed by atoms with van der Waals surface area (Å²) in [4.78, 5) is 20.3. The van der Waals surface area contributed by atoms with E-state index >= 15 is 0 Å². The molecule has 0 fully saturated rings. The van der Waals surface area contributed by atoms with Crippen molar-refractivity contribution < 1.29 is 9.18 Å². The Morgan fingerprint density at radius 1 is 1.25 bits per heavy atom. The van der Waals surface area contributed by atoms with Crippen LogP contribution < -0.4 is 5.32 Å². The van der Waals surface area contributed by atoms with Gasteiger partial charge in [-0.1, -0.05) is 24.3 Å². The molecular weight excluding hydrogens is 325 g/mol. The van der Waals surface area contributed by atoms with Crippen LogP contribution in [0.4, 0.5) is 4.39 Å². The molecule has 0 spiro atoms. The number of benzene rings is 2. The highest BCUT2D eigenvalue weighted by Crippen LogP contribution is 2.22. The van der Waals surface area contributed by atoms with Crippen molar-refractivity contribution in [1.29, 1.82) is 0 Å². The molecule has 2 N–H and O–H groups in total. The average molecular weight is 343 g/mol. The Balaban J connectivity index is 1.51. The normalized spacial score (nSPS) is 12.2. The Kier molecular flexibility index (Phi) is 5.15. The van der Waals surface area contributed by atoms with Crippen LogP contribution >= 0.6 is 11.8 Å². The van der Waals surface area contributed by atoms with Crippen LogP contribution in [0.5, 0.6) is 0 Å². The highest BCUT2D eigenvalue weighted by molar-refractivity contribution is 7.99. The Hall–Kier alpha value is -2.34. The lowest BCUT2D eigenvalue weighted by molar-refractivity contribution is -0.121. The predicted octanol–water partition coefficient (Wildman–Crippen LogP) is 4.06. The predicted molar refractivity (Wildman–Crippen MR) is 94.4 cm³/mol. The first-order valence-corrected chi connectivity index (χ1v) is 8.73. The van der Waals surface area contributed by atoms with Crippen molar-refractivity contribution in [3.8, 4) is 0 Å². The molecule has 3 aromatic rings. The second-order valence-electron chi connectivity index (χ2n) is 5.46. The monoisotopic (exact) mass is 343 g/mol. The number of imidazole rings is 1. The van der Waals surface area contributed by atoms with Crippen LogP contribution in [-0.4, -0.2) is 21.6 Å². The molecule has 1 atom stereocenters. The van der Waals surface area contributed by atoms with Crippen molar-refractivity contribution in [2.75, 3.05) is 5.75 Å². The van der Waals surface area contributed by atoms with Gasteiger partial charge in [0.25, 0.3) is 0 Å². The number of aromatic amines is 1. The van der Waals surface area contributed by atoms with Gasteiger partial charge in [-0.3, -0.25) is 4.79 Å². The number of nitrogens with one attached hydrogen (secondary N) is 2. The molecular formula is C18H18FN3OS. The molecule has 1 unspecified atom stereocenters. The molecule has 0 aliphatic rings. The van der Waals surface area contributed by atoms with E-state index in [0.717, 1.165) is 16.9 Å². The maximum Gasteiger partial charge on any atom is 0.221 e. The van der Waals surface area contributed by atoms with Gasteiger partial charge < -0.3 is 10.3 Å². The van der Waals surface area contributed by atoms with E-state index in [1.807, 2.05) is 31.2 Å². The van der Waals surface area contributed by atoms with Crippen LogP contribution in [0.1, 0.15) is 25.2 Å². The Labute approximate surface area is 143 Å². The van der Waals surface area contributed by atoms with E-state index in [-0.39, 0.29) is 17.8 Å². The summed E-state index contributed by atoms with van der Waals surface area (Å²) >= 11 is 1.34. The summed E-state index contributed by atoms with van der Waals surface area (Å²) in [6.45, 7) is 1.89. The number of hydrogen-bond donors (Lipinski definition) is 2. The van der Waals surface area contributed by atoms with Crippen LogP contribution in [0, 0.1) is 5.82 Å². The maximum absolute atomic E-state index is 13.5. The SMILES string of the molecule is CC(NC(=O)CCSc1ccccc1F)c1nc2ccccc2[nH]1. The Morgan fingerprint density at radius 3 is 2.79 bits per heavy atom. The van der Waals surface area contributed by atoms with Gasteiger partial charge in [0.05, 0.1) is 17.1 Å². The first-order chi connectivity index (χ1) is 11.6. The zero-order valence-corrected chi connectivity index (χ0v) is 14.1. The minimum atomic E-state index is -0.251. The van der Waals surface area contributed by atoms with Crippen molar-refractivity contribution in [3.05, 3.63) is 60.2 Å². The lowest BCUT2D eigenvalue weighted by atomic mass is 10.3. The molecule has 0 bridgehead atoms. The number of hydrogen-bond acceptors (Lipinski definition) is 3. The summed E-state index contributed by atoms with van der Waals surface area (Å²) < 4.78 is 13.5. The standard InChI is InChI=1S/C18H18FN3OS/c1-12(18-21-14-7-3-4-8-15(14)22-18)20-17(23)10-11-24-16-9-5-2-6-13(16)19/h2-9,12H,10-11H2,1H3,(H,20,23)(H,21,22). The molecule has 2 aromatic carbocycles. The van der Waals surface area contributed by atoms with Gasteiger partial charge in [0.1, 0.15) is 11.6 Å². The van der Waals surface area contributed by atoms with E-state index in [2.05, 4.69) is 15.3 Å². The zero-order chi connectivity index (χ0) is 16.9. The third-order valence-corrected chi connectivity index (χ3v) is 4.67. The lowest BCUT2D eigenvalue weighted by Crippen LogP contribution is -2.27. The number of aromatic nitrogens is 2. The first-order valence-electron chi connectivity index (χ1n) is 7.75. The van der Waals surface area contributed by atoms with E-state index in [0.29, 0.717) is 17.1 Å². The summed E-state index contributed by atoms with van der Waals surface area (Å²) in [5, 5.41) is 2.92. The fraction of sp³-hybridized carbons (Fsp3) is 0.222. The molecule has 1 amide bonds. The van der Waals surface area contributed by atoms with Gasteiger partial charge in [-0.05, 0) is 31.2 Å². The van der Waals surface area contributed by atoms with Crippen LogP contribution in [-0.2, 0) is 4.79 Å². The van der Waals surface area contributed by atoms with Crippen molar-refractivity contribution in [2.24, 2.45) is 0 Å². The van der Waals surface area contributed by atoms with Gasteiger partial charge in [0.15, 0.2) is 0 Å². The molecule has 3 rings (SSSR count). The topological polar surface area (TPSA) is 57.8 Å². The smallest absolute Gasteiger partial charge is 0.221 e. The minimum Gasteiger partial charge on any atom is -0.346 e. The highest BCUT2D eigenvalue weighted by atomic mass is 32.2. The van der Waals surface area contributed by atoms with Gasteiger partial charge in [-0.25, -0.2) is 9.37 Å². The van der Waals surface area contributed by atoms with Gasteiger partial charge >= 0.3 is 0 Å². The van der Waals surface area contributed by atoms with Crippen molar-refractivity contribution in [2.45, 2.75) is 24.3 Å². The Morgan fingerprint density at radius 2 is 2.00 bits per heavy atom. The molecule has 6 heteroatoms. The highest BCUT2D eigenvalue weighted by Gasteiger charge is 2.13. The molecule has 0 radical (unpaired) electrons. The second-order valence-corrected chi connectivity index (χ2v) is 6.59. The number of fused-ring (bicyclic) bond motifs is 1. The Bertz CT molecular complexity index is 816. The number of H-pyrrole nitrogens is 1. The summed E-state index contributed by atoms with van der Waals surface area (Å²) in [6.07, 6.45) is 0.323. The molecule has 0 saturated heterocycles. The number of carbonyl (C=O) groups excluding carboxylic acids is 1. The number of thioether (sulfide) groups is 1. The van der Waals surface area contributed by atoms with Gasteiger partial charge in [-0.15, -0.1) is 11.8 Å². The van der Waals surface area contributed by atoms with Gasteiger partial charge in [0.2, 0.25) is 5.91 Å². The molecule has 124 valence electrons. The van der Waals surface area contributed by atoms with E-state index in [1.54, 1.807) is 18.2 Å². The van der Waals surface area contributed by atoms with Gasteiger partial charge in [-0.2, -0.15) is 0 Å². The number of amides is 1. The number of carbonyl (C=O) groups is 1. The number of para-hydroxylation sites is 2. The van der Waals surface area contributed by atoms with Crippen molar-refractivity contribution in [3.63, 3.8) is 0 Å². The minimum absolute atomic E-state index is 0.0770. The summed E-state index contributed by atoms with van der Waals surface area (Å²) in [6, 6.07) is 14.1. The van der Waals surface area contributed by atoms with E-state index in [9.17, 15) is 9.18 Å². The van der Waals surface area contributed by atoms with Gasteiger partial charge in [0, 0.05) is 17.1 Å². The number of halogens is 1. The summed E-state index contributed by atoms with van der Waals surface area (Å²) in [5.74, 6) is 0.927. The van der Waals surface area contributed by atoms with Crippen molar-refractivity contribution >= 4 is 28.7 Å². The van der Waals surface area contributed by atoms with Crippen LogP contribution in [0.15, 0.2) is 53.4 Å². The third-order valence-electron chi connectivity index (χ3n) is 3.62. The molecule has 1 heterocycles. The molecule has 1 aromatic heterocycles. The van der Waals surface area contributed by atoms with E-state index < -0.39 is 0 Å². The second kappa shape index (κ2) is 7.49. The molecule has 0 saturated carbocycles. The largest absolute Gasteiger partial charge is 0.346 e. The van der Waals surface area contributed by atoms with Crippen LogP contribution in [0.2, 0.25) is 0 Å². The summed E-state index contributed by atoms with van der Waals surface area (Å²) in [7, 11) is 0. The number of rotatable bonds is 6. The first kappa shape index (κ1) is 16.5. The van der Waals surface area contributed by atoms with Crippen molar-refractivity contribution in [1.82, 2.24) is 15.3 Å². The number of nitrogens with zero attached hydrogens (tertiary/aromatic N) is 1. The zero-order valence-electron chi connectivity index (χ0n) is 13.3. The van der Waals surface area contributed by atoms with E-state index in [4.69, 9.17) is 0 Å². The molecule has 0 aliphatic carbocycles.